The van der Waals surface area contributed by atoms with Gasteiger partial charge in [0.1, 0.15) is 5.75 Å². The molecule has 0 fully saturated rings. The largest absolute Gasteiger partial charge is 0.478 e. The highest BCUT2D eigenvalue weighted by atomic mass is 35.5. The van der Waals surface area contributed by atoms with Crippen molar-refractivity contribution in [2.75, 3.05) is 0 Å². The van der Waals surface area contributed by atoms with Crippen LogP contribution in [0.15, 0.2) is 47.4 Å². The second-order valence-electron chi connectivity index (χ2n) is 8.45. The maximum absolute atomic E-state index is 14.3. The second kappa shape index (κ2) is 9.95. The number of carboxylic acid groups (broad SMARTS) is 1. The molecule has 0 aliphatic heterocycles. The molecule has 0 bridgehead atoms. The number of rotatable bonds is 6. The smallest absolute Gasteiger partial charge is 0.434 e. The minimum absolute atomic E-state index is 0.0330. The minimum atomic E-state index is -5.21. The van der Waals surface area contributed by atoms with Gasteiger partial charge in [0.2, 0.25) is 5.88 Å². The zero-order valence-electron chi connectivity index (χ0n) is 19.8. The normalized spacial score (nSPS) is 14.6. The van der Waals surface area contributed by atoms with E-state index >= 15 is 0 Å². The number of carbonyl (C=O) groups is 1. The van der Waals surface area contributed by atoms with Crippen LogP contribution in [0.1, 0.15) is 45.6 Å². The lowest BCUT2D eigenvalue weighted by Crippen LogP contribution is -2.47. The van der Waals surface area contributed by atoms with Crippen LogP contribution in [-0.2, 0) is 18.8 Å². The zero-order chi connectivity index (χ0) is 28.8. The highest BCUT2D eigenvalue weighted by molar-refractivity contribution is 6.31. The molecular weight excluding hydrogens is 546 g/mol. The Balaban J connectivity index is 2.02. The number of aromatic nitrogens is 2. The van der Waals surface area contributed by atoms with Gasteiger partial charge in [0.25, 0.3) is 5.56 Å². The standard InChI is InChI=1S/C24H19ClF6N2O5/c1-11-8-13(10-33(3)20(11)34)22(37,24(29,30)31)12(2)15-5-4-14(9-17(15)25)38-18-7-6-16(21(35)36)19(32-18)23(26,27)28/h4-10,12,37H,1-3H3,(H,35,36)/t12-,22-/m0/s1. The Bertz CT molecular complexity index is 1430. The fraction of sp³-hybridized carbons (Fsp3) is 0.292. The maximum atomic E-state index is 14.3. The molecule has 2 atom stereocenters. The molecule has 3 aromatic rings. The van der Waals surface area contributed by atoms with Crippen molar-refractivity contribution < 1.29 is 46.1 Å². The van der Waals surface area contributed by atoms with Crippen molar-refractivity contribution in [2.24, 2.45) is 7.05 Å². The molecular formula is C24H19ClF6N2O5. The number of aryl methyl sites for hydroxylation is 2. The quantitative estimate of drug-likeness (QED) is 0.367. The molecule has 2 aromatic heterocycles. The fourth-order valence-electron chi connectivity index (χ4n) is 3.90. The summed E-state index contributed by atoms with van der Waals surface area (Å²) in [6.07, 6.45) is -9.45. The van der Waals surface area contributed by atoms with Crippen molar-refractivity contribution in [3.63, 3.8) is 0 Å². The van der Waals surface area contributed by atoms with Crippen molar-refractivity contribution in [3.05, 3.63) is 85.9 Å². The fourth-order valence-corrected chi connectivity index (χ4v) is 4.23. The molecule has 0 amide bonds. The van der Waals surface area contributed by atoms with E-state index in [0.29, 0.717) is 6.07 Å². The van der Waals surface area contributed by atoms with Gasteiger partial charge < -0.3 is 19.5 Å². The predicted octanol–water partition coefficient (Wildman–Crippen LogP) is 5.81. The molecule has 2 N–H and O–H groups in total. The highest BCUT2D eigenvalue weighted by Crippen LogP contribution is 2.50. The number of nitrogens with zero attached hydrogens (tertiary/aromatic N) is 2. The first-order valence-corrected chi connectivity index (χ1v) is 11.0. The predicted molar refractivity (Wildman–Crippen MR) is 123 cm³/mol. The van der Waals surface area contributed by atoms with Crippen LogP contribution in [0.5, 0.6) is 11.6 Å². The number of pyridine rings is 2. The zero-order valence-corrected chi connectivity index (χ0v) is 20.5. The maximum Gasteiger partial charge on any atom is 0.434 e. The Hall–Kier alpha value is -3.58. The van der Waals surface area contributed by atoms with Crippen molar-refractivity contribution in [1.82, 2.24) is 9.55 Å². The third kappa shape index (κ3) is 5.34. The van der Waals surface area contributed by atoms with Crippen LogP contribution in [0.2, 0.25) is 5.02 Å². The van der Waals surface area contributed by atoms with Crippen LogP contribution in [-0.4, -0.2) is 31.9 Å². The van der Waals surface area contributed by atoms with E-state index in [0.717, 1.165) is 48.0 Å². The van der Waals surface area contributed by atoms with Crippen LogP contribution in [0, 0.1) is 6.92 Å². The summed E-state index contributed by atoms with van der Waals surface area (Å²) in [5, 5.41) is 19.6. The average molecular weight is 565 g/mol. The van der Waals surface area contributed by atoms with Gasteiger partial charge in [-0.1, -0.05) is 24.6 Å². The Morgan fingerprint density at radius 1 is 1.11 bits per heavy atom. The van der Waals surface area contributed by atoms with Gasteiger partial charge in [0.05, 0.1) is 5.56 Å². The number of halogens is 7. The van der Waals surface area contributed by atoms with E-state index in [-0.39, 0.29) is 21.9 Å². The molecule has 14 heteroatoms. The first-order valence-electron chi connectivity index (χ1n) is 10.6. The third-order valence-electron chi connectivity index (χ3n) is 5.89. The van der Waals surface area contributed by atoms with Crippen LogP contribution >= 0.6 is 11.6 Å². The minimum Gasteiger partial charge on any atom is -0.478 e. The summed E-state index contributed by atoms with van der Waals surface area (Å²) < 4.78 is 88.6. The molecule has 7 nitrogen and oxygen atoms in total. The lowest BCUT2D eigenvalue weighted by molar-refractivity contribution is -0.274. The molecule has 0 radical (unpaired) electrons. The van der Waals surface area contributed by atoms with Gasteiger partial charge in [-0.15, -0.1) is 0 Å². The molecule has 0 aliphatic rings. The van der Waals surface area contributed by atoms with Crippen LogP contribution in [0.3, 0.4) is 0 Å². The number of hydrogen-bond acceptors (Lipinski definition) is 5. The number of alkyl halides is 6. The van der Waals surface area contributed by atoms with E-state index in [1.165, 1.54) is 14.0 Å². The molecule has 38 heavy (non-hydrogen) atoms. The number of hydrogen-bond donors (Lipinski definition) is 2. The van der Waals surface area contributed by atoms with Gasteiger partial charge in [-0.3, -0.25) is 4.79 Å². The Morgan fingerprint density at radius 3 is 2.24 bits per heavy atom. The van der Waals surface area contributed by atoms with Crippen molar-refractivity contribution in [3.8, 4) is 11.6 Å². The third-order valence-corrected chi connectivity index (χ3v) is 6.22. The van der Waals surface area contributed by atoms with Gasteiger partial charge in [-0.2, -0.15) is 26.3 Å². The topological polar surface area (TPSA) is 102 Å². The van der Waals surface area contributed by atoms with Gasteiger partial charge >= 0.3 is 18.3 Å². The number of ether oxygens (including phenoxy) is 1. The van der Waals surface area contributed by atoms with E-state index in [9.17, 15) is 41.0 Å². The molecule has 0 saturated carbocycles. The average Bonchev–Trinajstić information content (AvgIpc) is 2.80. The number of aliphatic hydroxyl groups is 1. The summed E-state index contributed by atoms with van der Waals surface area (Å²) in [6.45, 7) is 2.37. The summed E-state index contributed by atoms with van der Waals surface area (Å²) >= 11 is 6.20. The first-order chi connectivity index (χ1) is 17.4. The van der Waals surface area contributed by atoms with Crippen molar-refractivity contribution in [2.45, 2.75) is 37.7 Å². The van der Waals surface area contributed by atoms with Crippen LogP contribution in [0.4, 0.5) is 26.3 Å². The summed E-state index contributed by atoms with van der Waals surface area (Å²) in [7, 11) is 1.24. The molecule has 0 spiro atoms. The second-order valence-corrected chi connectivity index (χ2v) is 8.85. The molecule has 3 rings (SSSR count). The van der Waals surface area contributed by atoms with Crippen LogP contribution < -0.4 is 10.3 Å². The SMILES string of the molecule is Cc1cc([C@@](O)([C@@H](C)c2ccc(Oc3ccc(C(=O)O)c(C(F)(F)F)n3)cc2Cl)C(F)(F)F)cn(C)c1=O. The number of carboxylic acids is 1. The lowest BCUT2D eigenvalue weighted by Gasteiger charge is -2.37. The summed E-state index contributed by atoms with van der Waals surface area (Å²) in [6, 6.07) is 5.64. The number of benzene rings is 1. The molecule has 0 unspecified atom stereocenters. The van der Waals surface area contributed by atoms with E-state index in [2.05, 4.69) is 4.98 Å². The molecule has 1 aromatic carbocycles. The Labute approximate surface area is 215 Å². The van der Waals surface area contributed by atoms with Crippen molar-refractivity contribution in [1.29, 1.82) is 0 Å². The van der Waals surface area contributed by atoms with Gasteiger partial charge in [-0.25, -0.2) is 9.78 Å². The van der Waals surface area contributed by atoms with Crippen LogP contribution in [0.25, 0.3) is 0 Å². The Kier molecular flexibility index (Phi) is 7.59. The van der Waals surface area contributed by atoms with E-state index in [1.54, 1.807) is 0 Å². The van der Waals surface area contributed by atoms with E-state index in [4.69, 9.17) is 21.4 Å². The number of aromatic carboxylic acids is 1. The Morgan fingerprint density at radius 2 is 1.74 bits per heavy atom. The first kappa shape index (κ1) is 29.0. The van der Waals surface area contributed by atoms with Gasteiger partial charge in [-0.05, 0) is 36.8 Å². The summed E-state index contributed by atoms with van der Waals surface area (Å²) in [4.78, 5) is 26.2. The lowest BCUT2D eigenvalue weighted by atomic mass is 9.78. The highest BCUT2D eigenvalue weighted by Gasteiger charge is 2.59. The molecule has 204 valence electrons. The summed E-state index contributed by atoms with van der Waals surface area (Å²) in [5.74, 6) is -4.44. The molecule has 0 saturated heterocycles. The van der Waals surface area contributed by atoms with E-state index < -0.39 is 58.1 Å². The monoisotopic (exact) mass is 564 g/mol. The summed E-state index contributed by atoms with van der Waals surface area (Å²) in [5.41, 5.74) is -7.66. The van der Waals surface area contributed by atoms with Gasteiger partial charge in [0, 0.05) is 41.4 Å². The van der Waals surface area contributed by atoms with Crippen molar-refractivity contribution >= 4 is 17.6 Å². The molecule has 0 aliphatic carbocycles. The molecule has 2 heterocycles. The van der Waals surface area contributed by atoms with Gasteiger partial charge in [0.15, 0.2) is 11.3 Å². The van der Waals surface area contributed by atoms with E-state index in [1.807, 2.05) is 0 Å².